The van der Waals surface area contributed by atoms with Crippen molar-refractivity contribution in [1.82, 2.24) is 0 Å². The van der Waals surface area contributed by atoms with Crippen molar-refractivity contribution in [2.45, 2.75) is 43.1 Å². The lowest BCUT2D eigenvalue weighted by Crippen LogP contribution is -2.62. The zero-order valence-corrected chi connectivity index (χ0v) is 14.1. The first-order valence-electron chi connectivity index (χ1n) is 8.36. The van der Waals surface area contributed by atoms with Gasteiger partial charge in [0.2, 0.25) is 0 Å². The molecule has 1 aliphatic heterocycles. The third-order valence-corrected chi connectivity index (χ3v) is 7.12. The zero-order valence-electron chi connectivity index (χ0n) is 13.2. The van der Waals surface area contributed by atoms with Crippen LogP contribution in [0.4, 0.5) is 8.78 Å². The summed E-state index contributed by atoms with van der Waals surface area (Å²) in [5.41, 5.74) is -0.216. The van der Waals surface area contributed by atoms with Gasteiger partial charge in [0.25, 0.3) is 0 Å². The van der Waals surface area contributed by atoms with Crippen LogP contribution in [-0.4, -0.2) is 50.4 Å². The fraction of sp³-hybridized carbons (Fsp3) is 1.00. The van der Waals surface area contributed by atoms with Gasteiger partial charge in [-0.2, -0.15) is 17.2 Å². The maximum Gasteiger partial charge on any atom is 0.392 e. The van der Waals surface area contributed by atoms with Crippen LogP contribution in [0.5, 0.6) is 0 Å². The number of hydrogen-bond acceptors (Lipinski definition) is 5. The second kappa shape index (κ2) is 5.33. The summed E-state index contributed by atoms with van der Waals surface area (Å²) in [5.74, 6) is 0.513. The Labute approximate surface area is 139 Å². The molecule has 4 saturated carbocycles. The van der Waals surface area contributed by atoms with E-state index in [9.17, 15) is 17.2 Å². The number of hydrogen-bond donors (Lipinski definition) is 1. The van der Waals surface area contributed by atoms with E-state index in [-0.39, 0.29) is 23.9 Å². The van der Waals surface area contributed by atoms with E-state index in [0.717, 1.165) is 32.1 Å². The van der Waals surface area contributed by atoms with Crippen molar-refractivity contribution in [3.63, 3.8) is 0 Å². The van der Waals surface area contributed by atoms with Crippen LogP contribution in [0.1, 0.15) is 32.1 Å². The molecule has 9 heteroatoms. The summed E-state index contributed by atoms with van der Waals surface area (Å²) >= 11 is 0. The smallest absolute Gasteiger partial charge is 0.373 e. The molecule has 0 aromatic heterocycles. The van der Waals surface area contributed by atoms with Gasteiger partial charge in [-0.1, -0.05) is 0 Å². The molecule has 4 aliphatic carbocycles. The number of alkyl halides is 2. The van der Waals surface area contributed by atoms with Crippen LogP contribution < -0.4 is 0 Å². The van der Waals surface area contributed by atoms with E-state index in [1.54, 1.807) is 0 Å². The minimum atomic E-state index is -5.45. The van der Waals surface area contributed by atoms with Crippen molar-refractivity contribution in [1.29, 1.82) is 0 Å². The molecule has 1 N–H and O–H groups in total. The minimum Gasteiger partial charge on any atom is -0.373 e. The van der Waals surface area contributed by atoms with E-state index >= 15 is 0 Å². The summed E-state index contributed by atoms with van der Waals surface area (Å²) in [6.45, 7) is -0.0348. The first-order valence-corrected chi connectivity index (χ1v) is 9.80. The molecule has 5 fully saturated rings. The predicted octanol–water partition coefficient (Wildman–Crippen LogP) is 2.05. The minimum absolute atomic E-state index is 0.0810. The van der Waals surface area contributed by atoms with Crippen molar-refractivity contribution >= 4 is 10.1 Å². The van der Waals surface area contributed by atoms with Gasteiger partial charge in [-0.25, -0.2) is 0 Å². The molecule has 0 radical (unpaired) electrons. The van der Waals surface area contributed by atoms with Crippen LogP contribution in [0.15, 0.2) is 0 Å². The largest absolute Gasteiger partial charge is 0.392 e. The van der Waals surface area contributed by atoms with Crippen LogP contribution in [-0.2, 0) is 24.3 Å². The highest BCUT2D eigenvalue weighted by Crippen LogP contribution is 2.65. The molecular formula is C15H22F2O6S. The second-order valence-electron chi connectivity index (χ2n) is 7.87. The van der Waals surface area contributed by atoms with E-state index in [0.29, 0.717) is 19.1 Å². The zero-order chi connectivity index (χ0) is 17.2. The summed E-state index contributed by atoms with van der Waals surface area (Å²) in [7, 11) is -5.45. The topological polar surface area (TPSA) is 82.1 Å². The number of rotatable bonds is 5. The lowest BCUT2D eigenvalue weighted by molar-refractivity contribution is -0.307. The molecule has 24 heavy (non-hydrogen) atoms. The highest BCUT2D eigenvalue weighted by molar-refractivity contribution is 7.86. The van der Waals surface area contributed by atoms with Gasteiger partial charge in [0.15, 0.2) is 5.79 Å². The van der Waals surface area contributed by atoms with Crippen LogP contribution in [0.25, 0.3) is 0 Å². The first kappa shape index (κ1) is 17.1. The van der Waals surface area contributed by atoms with Crippen LogP contribution in [0.3, 0.4) is 0 Å². The SMILES string of the molecule is O=S(=O)(O)C(F)(F)COCC12CC3CC(C1)C1(OCCO1)C(C3)C2. The molecule has 6 nitrogen and oxygen atoms in total. The monoisotopic (exact) mass is 368 g/mol. The molecule has 1 saturated heterocycles. The van der Waals surface area contributed by atoms with Crippen molar-refractivity contribution in [3.05, 3.63) is 0 Å². The highest BCUT2D eigenvalue weighted by atomic mass is 32.2. The molecular weight excluding hydrogens is 346 g/mol. The number of ether oxygens (including phenoxy) is 3. The van der Waals surface area contributed by atoms with E-state index in [1.165, 1.54) is 0 Å². The molecule has 0 aromatic carbocycles. The molecule has 2 atom stereocenters. The van der Waals surface area contributed by atoms with Gasteiger partial charge >= 0.3 is 15.4 Å². The summed E-state index contributed by atoms with van der Waals surface area (Å²) in [6, 6.07) is 0. The van der Waals surface area contributed by atoms with E-state index < -0.39 is 27.8 Å². The average molecular weight is 368 g/mol. The van der Waals surface area contributed by atoms with E-state index in [2.05, 4.69) is 0 Å². The van der Waals surface area contributed by atoms with E-state index in [4.69, 9.17) is 18.8 Å². The lowest BCUT2D eigenvalue weighted by atomic mass is 9.47. The predicted molar refractivity (Wildman–Crippen MR) is 77.9 cm³/mol. The summed E-state index contributed by atoms with van der Waals surface area (Å²) < 4.78 is 73.6. The highest BCUT2D eigenvalue weighted by Gasteiger charge is 2.65. The van der Waals surface area contributed by atoms with Gasteiger partial charge in [-0.15, -0.1) is 0 Å². The standard InChI is InChI=1S/C15H22F2O6S/c16-14(17,24(18,19)20)9-21-8-13-5-10-3-11(6-13)15(12(4-10)7-13)22-1-2-23-15/h10-12H,1-9H2,(H,18,19,20). The van der Waals surface area contributed by atoms with Gasteiger partial charge < -0.3 is 14.2 Å². The van der Waals surface area contributed by atoms with E-state index in [1.807, 2.05) is 0 Å². The molecule has 0 amide bonds. The molecule has 138 valence electrons. The lowest BCUT2D eigenvalue weighted by Gasteiger charge is -2.62. The molecule has 1 spiro atoms. The van der Waals surface area contributed by atoms with Gasteiger partial charge in [-0.05, 0) is 43.4 Å². The van der Waals surface area contributed by atoms with Gasteiger partial charge in [0.1, 0.15) is 6.61 Å². The fourth-order valence-electron chi connectivity index (χ4n) is 5.64. The molecule has 5 rings (SSSR count). The Morgan fingerprint density at radius 3 is 2.25 bits per heavy atom. The van der Waals surface area contributed by atoms with Crippen molar-refractivity contribution < 1.29 is 36.0 Å². The summed E-state index contributed by atoms with van der Waals surface area (Å²) in [5, 5.41) is -4.27. The Bertz CT molecular complexity index is 597. The number of halogens is 2. The first-order chi connectivity index (χ1) is 11.2. The van der Waals surface area contributed by atoms with Crippen molar-refractivity contribution in [2.75, 3.05) is 26.4 Å². The normalized spacial score (nSPS) is 40.5. The van der Waals surface area contributed by atoms with Crippen LogP contribution in [0, 0.1) is 23.2 Å². The Hall–Kier alpha value is -0.350. The van der Waals surface area contributed by atoms with Gasteiger partial charge in [-0.3, -0.25) is 4.55 Å². The summed E-state index contributed by atoms with van der Waals surface area (Å²) in [4.78, 5) is 0. The maximum atomic E-state index is 13.3. The third kappa shape index (κ3) is 2.51. The quantitative estimate of drug-likeness (QED) is 0.748. The third-order valence-electron chi connectivity index (χ3n) is 6.25. The Morgan fingerprint density at radius 1 is 1.12 bits per heavy atom. The second-order valence-corrected chi connectivity index (χ2v) is 9.41. The molecule has 0 aromatic rings. The van der Waals surface area contributed by atoms with Crippen molar-refractivity contribution in [2.24, 2.45) is 23.2 Å². The Morgan fingerprint density at radius 2 is 1.71 bits per heavy atom. The van der Waals surface area contributed by atoms with Crippen LogP contribution >= 0.6 is 0 Å². The molecule has 1 heterocycles. The maximum absolute atomic E-state index is 13.3. The fourth-order valence-corrected chi connectivity index (χ4v) is 5.87. The average Bonchev–Trinajstić information content (AvgIpc) is 2.93. The van der Waals surface area contributed by atoms with Crippen LogP contribution in [0.2, 0.25) is 0 Å². The van der Waals surface area contributed by atoms with Crippen molar-refractivity contribution in [3.8, 4) is 0 Å². The molecule has 5 aliphatic rings. The Kier molecular flexibility index (Phi) is 3.79. The summed E-state index contributed by atoms with van der Waals surface area (Å²) in [6.07, 6.45) is 4.54. The Balaban J connectivity index is 1.44. The van der Waals surface area contributed by atoms with Gasteiger partial charge in [0, 0.05) is 11.8 Å². The molecule has 4 bridgehead atoms. The van der Waals surface area contributed by atoms with Gasteiger partial charge in [0.05, 0.1) is 19.8 Å². The molecule has 2 unspecified atom stereocenters.